The van der Waals surface area contributed by atoms with Crippen LogP contribution in [-0.2, 0) is 0 Å². The number of halogens is 2. The van der Waals surface area contributed by atoms with Gasteiger partial charge >= 0.3 is 0 Å². The highest BCUT2D eigenvalue weighted by molar-refractivity contribution is 6.32. The Kier molecular flexibility index (Phi) is 5.38. The molecule has 0 aliphatic rings. The Balaban J connectivity index is 1.88. The smallest absolute Gasteiger partial charge is 0.212 e. The van der Waals surface area contributed by atoms with Crippen molar-refractivity contribution in [2.75, 3.05) is 0 Å². The van der Waals surface area contributed by atoms with Crippen LogP contribution >= 0.6 is 23.2 Å². The maximum Gasteiger partial charge on any atom is 0.212 e. The molecule has 0 aliphatic carbocycles. The molecule has 0 bridgehead atoms. The Morgan fingerprint density at radius 3 is 1.89 bits per heavy atom. The highest BCUT2D eigenvalue weighted by Gasteiger charge is 2.29. The van der Waals surface area contributed by atoms with Crippen LogP contribution in [0, 0.1) is 6.92 Å². The minimum absolute atomic E-state index is 0.145. The molecule has 0 atom stereocenters. The normalized spacial score (nSPS) is 11.0. The summed E-state index contributed by atoms with van der Waals surface area (Å²) in [5.74, 6) is 0.699. The van der Waals surface area contributed by atoms with Gasteiger partial charge < -0.3 is 0 Å². The lowest BCUT2D eigenvalue weighted by atomic mass is 9.97. The summed E-state index contributed by atoms with van der Waals surface area (Å²) in [7, 11) is 0. The molecule has 0 N–H and O–H groups in total. The van der Waals surface area contributed by atoms with Gasteiger partial charge in [-0.1, -0.05) is 59.6 Å². The lowest BCUT2D eigenvalue weighted by Crippen LogP contribution is -2.43. The zero-order valence-electron chi connectivity index (χ0n) is 15.3. The molecule has 2 aromatic carbocycles. The molecule has 2 aromatic heterocycles. The molecule has 5 heteroatoms. The largest absolute Gasteiger partial charge is 0.237 e. The van der Waals surface area contributed by atoms with Gasteiger partial charge in [0.2, 0.25) is 6.04 Å². The Hall–Kier alpha value is -2.75. The van der Waals surface area contributed by atoms with E-state index < -0.39 is 0 Å². The zero-order valence-corrected chi connectivity index (χ0v) is 16.8. The predicted molar refractivity (Wildman–Crippen MR) is 113 cm³/mol. The summed E-state index contributed by atoms with van der Waals surface area (Å²) in [6.45, 7) is 2.06. The highest BCUT2D eigenvalue weighted by atomic mass is 35.5. The molecule has 28 heavy (non-hydrogen) atoms. The van der Waals surface area contributed by atoms with E-state index in [9.17, 15) is 0 Å². The fraction of sp³-hybridized carbons (Fsp3) is 0.0870. The lowest BCUT2D eigenvalue weighted by Gasteiger charge is -2.18. The quantitative estimate of drug-likeness (QED) is 0.407. The van der Waals surface area contributed by atoms with Gasteiger partial charge in [0.05, 0.1) is 10.0 Å². The first-order chi connectivity index (χ1) is 13.6. The van der Waals surface area contributed by atoms with Gasteiger partial charge in [-0.3, -0.25) is 0 Å². The van der Waals surface area contributed by atoms with E-state index in [0.717, 1.165) is 22.4 Å². The van der Waals surface area contributed by atoms with Crippen LogP contribution in [0.2, 0.25) is 10.0 Å². The van der Waals surface area contributed by atoms with Crippen molar-refractivity contribution in [1.29, 1.82) is 0 Å². The third kappa shape index (κ3) is 3.64. The molecule has 0 radical (unpaired) electrons. The van der Waals surface area contributed by atoms with E-state index >= 15 is 0 Å². The van der Waals surface area contributed by atoms with Crippen LogP contribution < -0.4 is 4.57 Å². The number of aryl methyl sites for hydroxylation is 1. The molecule has 138 valence electrons. The van der Waals surface area contributed by atoms with Crippen LogP contribution in [0.25, 0.3) is 11.4 Å². The van der Waals surface area contributed by atoms with Crippen LogP contribution in [0.3, 0.4) is 0 Å². The van der Waals surface area contributed by atoms with Gasteiger partial charge in [0.25, 0.3) is 0 Å². The van der Waals surface area contributed by atoms with Crippen molar-refractivity contribution < 1.29 is 4.57 Å². The van der Waals surface area contributed by atoms with Gasteiger partial charge in [0, 0.05) is 48.1 Å². The average Bonchev–Trinajstić information content (AvgIpc) is 2.72. The fourth-order valence-electron chi connectivity index (χ4n) is 3.36. The van der Waals surface area contributed by atoms with Crippen molar-refractivity contribution in [2.24, 2.45) is 0 Å². The first kappa shape index (κ1) is 18.6. The molecular weight excluding hydrogens is 389 g/mol. The van der Waals surface area contributed by atoms with Crippen LogP contribution in [-0.4, -0.2) is 9.97 Å². The summed E-state index contributed by atoms with van der Waals surface area (Å²) in [6, 6.07) is 21.5. The third-order valence-corrected chi connectivity index (χ3v) is 5.38. The zero-order chi connectivity index (χ0) is 19.5. The van der Waals surface area contributed by atoms with Crippen molar-refractivity contribution >= 4 is 23.2 Å². The summed E-state index contributed by atoms with van der Waals surface area (Å²) in [5.41, 5.74) is 4.00. The van der Waals surface area contributed by atoms with Crippen molar-refractivity contribution in [2.45, 2.75) is 13.0 Å². The van der Waals surface area contributed by atoms with E-state index in [1.165, 1.54) is 0 Å². The van der Waals surface area contributed by atoms with Crippen molar-refractivity contribution in [3.8, 4) is 11.4 Å². The number of hydrogen-bond donors (Lipinski definition) is 0. The second-order valence-corrected chi connectivity index (χ2v) is 7.30. The second kappa shape index (κ2) is 8.09. The molecule has 0 saturated carbocycles. The van der Waals surface area contributed by atoms with E-state index in [1.54, 1.807) is 12.4 Å². The Bertz CT molecular complexity index is 1070. The van der Waals surface area contributed by atoms with Crippen molar-refractivity contribution in [3.63, 3.8) is 0 Å². The number of benzene rings is 2. The summed E-state index contributed by atoms with van der Waals surface area (Å²) in [6.07, 6.45) is 5.53. The Morgan fingerprint density at radius 1 is 0.786 bits per heavy atom. The van der Waals surface area contributed by atoms with Gasteiger partial charge in [-0.05, 0) is 18.2 Å². The van der Waals surface area contributed by atoms with Crippen LogP contribution in [0.4, 0.5) is 0 Å². The van der Waals surface area contributed by atoms with Crippen LogP contribution in [0.5, 0.6) is 0 Å². The van der Waals surface area contributed by atoms with Gasteiger partial charge in [0.1, 0.15) is 0 Å². The topological polar surface area (TPSA) is 29.7 Å². The van der Waals surface area contributed by atoms with Gasteiger partial charge in [-0.2, -0.15) is 4.57 Å². The van der Waals surface area contributed by atoms with Gasteiger partial charge in [0.15, 0.2) is 17.7 Å². The summed E-state index contributed by atoms with van der Waals surface area (Å²) in [5, 5.41) is 1.41. The Morgan fingerprint density at radius 2 is 1.36 bits per heavy atom. The maximum absolute atomic E-state index is 6.57. The van der Waals surface area contributed by atoms with Crippen LogP contribution in [0.1, 0.15) is 22.9 Å². The lowest BCUT2D eigenvalue weighted by molar-refractivity contribution is -0.710. The minimum Gasteiger partial charge on any atom is -0.237 e. The van der Waals surface area contributed by atoms with Gasteiger partial charge in [-0.25, -0.2) is 9.97 Å². The molecule has 2 heterocycles. The number of rotatable bonds is 4. The molecule has 0 unspecified atom stereocenters. The maximum atomic E-state index is 6.57. The first-order valence-corrected chi connectivity index (χ1v) is 9.69. The molecular formula is C23H18Cl2N3+. The van der Waals surface area contributed by atoms with Crippen LogP contribution in [0.15, 0.2) is 85.3 Å². The molecule has 3 nitrogen and oxygen atoms in total. The minimum atomic E-state index is -0.145. The number of aromatic nitrogens is 3. The average molecular weight is 407 g/mol. The van der Waals surface area contributed by atoms with E-state index in [0.29, 0.717) is 15.9 Å². The van der Waals surface area contributed by atoms with E-state index in [-0.39, 0.29) is 6.04 Å². The first-order valence-electron chi connectivity index (χ1n) is 8.93. The monoisotopic (exact) mass is 406 g/mol. The SMILES string of the molecule is Cc1cc(-c2ncccn2)cc[n+]1C(c1ccccc1Cl)c1ccccc1Cl. The molecule has 0 spiro atoms. The second-order valence-electron chi connectivity index (χ2n) is 6.48. The number of pyridine rings is 1. The van der Waals surface area contributed by atoms with Crippen molar-refractivity contribution in [1.82, 2.24) is 9.97 Å². The van der Waals surface area contributed by atoms with E-state index in [2.05, 4.69) is 27.5 Å². The van der Waals surface area contributed by atoms with Crippen molar-refractivity contribution in [3.05, 3.63) is 112 Å². The summed E-state index contributed by atoms with van der Waals surface area (Å²) < 4.78 is 2.18. The van der Waals surface area contributed by atoms with E-state index in [1.807, 2.05) is 66.9 Å². The third-order valence-electron chi connectivity index (χ3n) is 4.69. The number of hydrogen-bond acceptors (Lipinski definition) is 2. The molecule has 0 aliphatic heterocycles. The predicted octanol–water partition coefficient (Wildman–Crippen LogP) is 5.68. The fourth-order valence-corrected chi connectivity index (χ4v) is 3.84. The summed E-state index contributed by atoms with van der Waals surface area (Å²) >= 11 is 13.1. The molecule has 4 aromatic rings. The van der Waals surface area contributed by atoms with E-state index in [4.69, 9.17) is 23.2 Å². The summed E-state index contributed by atoms with van der Waals surface area (Å²) in [4.78, 5) is 8.69. The highest BCUT2D eigenvalue weighted by Crippen LogP contribution is 2.32. The molecule has 0 amide bonds. The molecule has 0 saturated heterocycles. The molecule has 4 rings (SSSR count). The molecule has 0 fully saturated rings. The standard InChI is InChI=1S/C23H18Cl2N3/c1-16-15-17(23-26-12-6-13-27-23)11-14-28(16)22(18-7-2-4-9-20(18)24)19-8-3-5-10-21(19)25/h2-15,22H,1H3/q+1. The van der Waals surface area contributed by atoms with Gasteiger partial charge in [-0.15, -0.1) is 0 Å². The Labute approximate surface area is 174 Å². The number of nitrogens with zero attached hydrogens (tertiary/aromatic N) is 3.